The molecule has 0 saturated heterocycles. The number of aromatic nitrogens is 2. The van der Waals surface area contributed by atoms with E-state index in [1.807, 2.05) is 41.0 Å². The van der Waals surface area contributed by atoms with Crippen LogP contribution in [-0.2, 0) is 6.54 Å². The Kier molecular flexibility index (Phi) is 4.14. The van der Waals surface area contributed by atoms with Crippen molar-refractivity contribution in [1.29, 1.82) is 0 Å². The van der Waals surface area contributed by atoms with E-state index in [0.29, 0.717) is 11.5 Å². The van der Waals surface area contributed by atoms with Gasteiger partial charge in [0.2, 0.25) is 5.88 Å². The number of hydrogen-bond donors (Lipinski definition) is 1. The maximum Gasteiger partial charge on any atom is 0.220 e. The van der Waals surface area contributed by atoms with Gasteiger partial charge in [-0.3, -0.25) is 0 Å². The zero-order valence-corrected chi connectivity index (χ0v) is 12.5. The molecule has 2 heterocycles. The normalized spacial score (nSPS) is 11.5. The number of azo groups is 1. The highest BCUT2D eigenvalue weighted by Crippen LogP contribution is 2.39. The van der Waals surface area contributed by atoms with E-state index in [2.05, 4.69) is 22.1 Å². The average molecular weight is 294 g/mol. The van der Waals surface area contributed by atoms with Crippen molar-refractivity contribution < 1.29 is 5.11 Å². The Balaban J connectivity index is 2.05. The Hall–Kier alpha value is -2.69. The highest BCUT2D eigenvalue weighted by atomic mass is 16.3. The molecule has 5 heteroatoms. The van der Waals surface area contributed by atoms with Gasteiger partial charge in [-0.25, -0.2) is 4.98 Å². The largest absolute Gasteiger partial charge is 0.493 e. The van der Waals surface area contributed by atoms with E-state index in [0.717, 1.165) is 30.3 Å². The van der Waals surface area contributed by atoms with Crippen molar-refractivity contribution in [1.82, 2.24) is 9.55 Å². The molecule has 3 rings (SSSR count). The first kappa shape index (κ1) is 14.3. The van der Waals surface area contributed by atoms with E-state index in [-0.39, 0.29) is 5.88 Å². The van der Waals surface area contributed by atoms with E-state index in [1.54, 1.807) is 12.3 Å². The van der Waals surface area contributed by atoms with Crippen LogP contribution < -0.4 is 0 Å². The van der Waals surface area contributed by atoms with Crippen LogP contribution in [0.4, 0.5) is 11.5 Å². The minimum Gasteiger partial charge on any atom is -0.493 e. The summed E-state index contributed by atoms with van der Waals surface area (Å²) in [7, 11) is 0. The van der Waals surface area contributed by atoms with Gasteiger partial charge in [-0.1, -0.05) is 37.6 Å². The van der Waals surface area contributed by atoms with Crippen molar-refractivity contribution in [3.63, 3.8) is 0 Å². The van der Waals surface area contributed by atoms with Gasteiger partial charge in [-0.2, -0.15) is 0 Å². The second kappa shape index (κ2) is 6.39. The lowest BCUT2D eigenvalue weighted by atomic mass is 10.2. The SMILES string of the molecule is CCCCn1c(O)c(N=Nc2ccccn2)c2ccccc21. The number of hydrogen-bond acceptors (Lipinski definition) is 4. The molecule has 0 fully saturated rings. The van der Waals surface area contributed by atoms with Gasteiger partial charge in [0.25, 0.3) is 0 Å². The number of nitrogens with zero attached hydrogens (tertiary/aromatic N) is 4. The lowest BCUT2D eigenvalue weighted by Gasteiger charge is -2.05. The number of benzene rings is 1. The molecule has 0 aliphatic carbocycles. The van der Waals surface area contributed by atoms with Gasteiger partial charge in [0.05, 0.1) is 5.52 Å². The predicted molar refractivity (Wildman–Crippen MR) is 86.9 cm³/mol. The van der Waals surface area contributed by atoms with Gasteiger partial charge in [-0.15, -0.1) is 10.2 Å². The molecule has 5 nitrogen and oxygen atoms in total. The molecule has 0 spiro atoms. The fourth-order valence-electron chi connectivity index (χ4n) is 2.43. The highest BCUT2D eigenvalue weighted by Gasteiger charge is 2.15. The van der Waals surface area contributed by atoms with Gasteiger partial charge in [0.15, 0.2) is 11.5 Å². The molecule has 0 aliphatic heterocycles. The second-order valence-electron chi connectivity index (χ2n) is 5.08. The Bertz CT molecular complexity index is 793. The summed E-state index contributed by atoms with van der Waals surface area (Å²) in [5.74, 6) is 0.682. The van der Waals surface area contributed by atoms with Gasteiger partial charge in [0, 0.05) is 18.1 Å². The topological polar surface area (TPSA) is 62.8 Å². The van der Waals surface area contributed by atoms with Gasteiger partial charge >= 0.3 is 0 Å². The van der Waals surface area contributed by atoms with Crippen molar-refractivity contribution in [2.45, 2.75) is 26.3 Å². The Morgan fingerprint density at radius 3 is 2.68 bits per heavy atom. The van der Waals surface area contributed by atoms with Crippen LogP contribution in [0.15, 0.2) is 58.9 Å². The van der Waals surface area contributed by atoms with Crippen LogP contribution in [0, 0.1) is 0 Å². The summed E-state index contributed by atoms with van der Waals surface area (Å²) in [6.45, 7) is 2.90. The van der Waals surface area contributed by atoms with Crippen LogP contribution in [0.5, 0.6) is 5.88 Å². The molecule has 0 bridgehead atoms. The summed E-state index contributed by atoms with van der Waals surface area (Å²) in [5.41, 5.74) is 1.47. The van der Waals surface area contributed by atoms with E-state index >= 15 is 0 Å². The maximum atomic E-state index is 10.5. The van der Waals surface area contributed by atoms with Crippen molar-refractivity contribution in [3.05, 3.63) is 48.7 Å². The van der Waals surface area contributed by atoms with Crippen LogP contribution in [0.1, 0.15) is 19.8 Å². The van der Waals surface area contributed by atoms with Crippen molar-refractivity contribution in [2.24, 2.45) is 10.2 Å². The molecule has 0 radical (unpaired) electrons. The third kappa shape index (κ3) is 2.70. The molecule has 1 aromatic carbocycles. The monoisotopic (exact) mass is 294 g/mol. The first-order valence-corrected chi connectivity index (χ1v) is 7.44. The van der Waals surface area contributed by atoms with Gasteiger partial charge in [-0.05, 0) is 24.6 Å². The second-order valence-corrected chi connectivity index (χ2v) is 5.08. The van der Waals surface area contributed by atoms with Gasteiger partial charge in [0.1, 0.15) is 0 Å². The molecular weight excluding hydrogens is 276 g/mol. The highest BCUT2D eigenvalue weighted by molar-refractivity contribution is 5.94. The number of para-hydroxylation sites is 1. The summed E-state index contributed by atoms with van der Waals surface area (Å²) in [6, 6.07) is 13.3. The maximum absolute atomic E-state index is 10.5. The van der Waals surface area contributed by atoms with E-state index < -0.39 is 0 Å². The number of aromatic hydroxyl groups is 1. The number of pyridine rings is 1. The molecule has 0 saturated carbocycles. The first-order chi connectivity index (χ1) is 10.8. The molecule has 0 aliphatic rings. The van der Waals surface area contributed by atoms with E-state index in [9.17, 15) is 5.11 Å². The van der Waals surface area contributed by atoms with E-state index in [1.165, 1.54) is 0 Å². The molecule has 3 aromatic rings. The summed E-state index contributed by atoms with van der Waals surface area (Å²) in [5, 5.41) is 19.8. The molecule has 0 atom stereocenters. The fraction of sp³-hybridized carbons (Fsp3) is 0.235. The van der Waals surface area contributed by atoms with Crippen molar-refractivity contribution in [3.8, 4) is 5.88 Å². The summed E-state index contributed by atoms with van der Waals surface area (Å²) in [6.07, 6.45) is 3.73. The Morgan fingerprint density at radius 2 is 1.91 bits per heavy atom. The molecular formula is C17H18N4O. The zero-order valence-electron chi connectivity index (χ0n) is 12.5. The first-order valence-electron chi connectivity index (χ1n) is 7.44. The van der Waals surface area contributed by atoms with Crippen LogP contribution in [0.2, 0.25) is 0 Å². The summed E-state index contributed by atoms with van der Waals surface area (Å²) < 4.78 is 1.89. The third-order valence-electron chi connectivity index (χ3n) is 3.55. The van der Waals surface area contributed by atoms with Crippen LogP contribution in [0.25, 0.3) is 10.9 Å². The zero-order chi connectivity index (χ0) is 15.4. The van der Waals surface area contributed by atoms with Crippen LogP contribution in [-0.4, -0.2) is 14.7 Å². The average Bonchev–Trinajstić information content (AvgIpc) is 2.83. The summed E-state index contributed by atoms with van der Waals surface area (Å²) in [4.78, 5) is 4.11. The van der Waals surface area contributed by atoms with Crippen molar-refractivity contribution >= 4 is 22.4 Å². The van der Waals surface area contributed by atoms with Crippen molar-refractivity contribution in [2.75, 3.05) is 0 Å². The molecule has 112 valence electrons. The predicted octanol–water partition coefficient (Wildman–Crippen LogP) is 4.96. The minimum atomic E-state index is 0.161. The molecule has 0 unspecified atom stereocenters. The van der Waals surface area contributed by atoms with Gasteiger partial charge < -0.3 is 9.67 Å². The van der Waals surface area contributed by atoms with Crippen LogP contribution >= 0.6 is 0 Å². The Labute approximate surface area is 129 Å². The molecule has 0 amide bonds. The number of fused-ring (bicyclic) bond motifs is 1. The standard InChI is InChI=1S/C17H18N4O/c1-2-3-12-21-14-9-5-4-8-13(14)16(17(21)22)20-19-15-10-6-7-11-18-15/h4-11,22H,2-3,12H2,1H3. The third-order valence-corrected chi connectivity index (χ3v) is 3.55. The van der Waals surface area contributed by atoms with E-state index in [4.69, 9.17) is 0 Å². The number of aryl methyl sites for hydroxylation is 1. The lowest BCUT2D eigenvalue weighted by molar-refractivity contribution is 0.418. The number of rotatable bonds is 5. The quantitative estimate of drug-likeness (QED) is 0.676. The molecule has 22 heavy (non-hydrogen) atoms. The molecule has 2 aromatic heterocycles. The Morgan fingerprint density at radius 1 is 1.09 bits per heavy atom. The minimum absolute atomic E-state index is 0.161. The lowest BCUT2D eigenvalue weighted by Crippen LogP contribution is -1.96. The summed E-state index contributed by atoms with van der Waals surface area (Å²) >= 11 is 0. The number of unbranched alkanes of at least 4 members (excludes halogenated alkanes) is 1. The fourth-order valence-corrected chi connectivity index (χ4v) is 2.43. The van der Waals surface area contributed by atoms with Crippen LogP contribution in [0.3, 0.4) is 0 Å². The smallest absolute Gasteiger partial charge is 0.220 e. The molecule has 1 N–H and O–H groups in total.